The maximum Gasteiger partial charge on any atom is 0.258 e. The highest BCUT2D eigenvalue weighted by atomic mass is 19.1. The zero-order chi connectivity index (χ0) is 17.1. The van der Waals surface area contributed by atoms with Crippen LogP contribution in [0.15, 0.2) is 42.5 Å². The molecule has 1 heterocycles. The number of hydrogen-bond acceptors (Lipinski definition) is 3. The van der Waals surface area contributed by atoms with Crippen molar-refractivity contribution in [2.24, 2.45) is 0 Å². The van der Waals surface area contributed by atoms with E-state index in [1.54, 1.807) is 6.07 Å². The maximum atomic E-state index is 13.8. The van der Waals surface area contributed by atoms with Crippen LogP contribution in [0, 0.1) is 11.6 Å². The van der Waals surface area contributed by atoms with E-state index < -0.39 is 17.5 Å². The molecule has 0 atom stereocenters. The summed E-state index contributed by atoms with van der Waals surface area (Å²) in [5.74, 6) is -2.17. The zero-order valence-electron chi connectivity index (χ0n) is 13.4. The van der Waals surface area contributed by atoms with Gasteiger partial charge in [-0.05, 0) is 31.3 Å². The quantitative estimate of drug-likeness (QED) is 0.939. The van der Waals surface area contributed by atoms with Crippen LogP contribution in [-0.4, -0.2) is 44.0 Å². The van der Waals surface area contributed by atoms with Crippen LogP contribution in [0.1, 0.15) is 10.4 Å². The third kappa shape index (κ3) is 3.54. The van der Waals surface area contributed by atoms with Crippen molar-refractivity contribution in [2.75, 3.05) is 43.4 Å². The molecule has 4 nitrogen and oxygen atoms in total. The standard InChI is InChI=1S/C18H19F2N3O/c1-22-8-10-23(11-9-22)17-5-3-2-4-16(17)21-18(24)14-7-6-13(19)12-15(14)20/h2-7,12H,8-11H2,1H3,(H,21,24). The van der Waals surface area contributed by atoms with E-state index >= 15 is 0 Å². The Hall–Kier alpha value is -2.47. The molecule has 0 aliphatic carbocycles. The molecule has 2 aromatic rings. The number of benzene rings is 2. The highest BCUT2D eigenvalue weighted by Crippen LogP contribution is 2.27. The lowest BCUT2D eigenvalue weighted by Crippen LogP contribution is -2.44. The Labute approximate surface area is 139 Å². The summed E-state index contributed by atoms with van der Waals surface area (Å²) in [5, 5.41) is 2.74. The van der Waals surface area contributed by atoms with Gasteiger partial charge in [0.2, 0.25) is 0 Å². The molecule has 1 amide bonds. The van der Waals surface area contributed by atoms with Crippen LogP contribution < -0.4 is 10.2 Å². The number of carbonyl (C=O) groups is 1. The fourth-order valence-corrected chi connectivity index (χ4v) is 2.77. The van der Waals surface area contributed by atoms with Gasteiger partial charge in [0, 0.05) is 32.2 Å². The van der Waals surface area contributed by atoms with Crippen LogP contribution in [0.5, 0.6) is 0 Å². The smallest absolute Gasteiger partial charge is 0.258 e. The van der Waals surface area contributed by atoms with Crippen LogP contribution in [0.4, 0.5) is 20.2 Å². The van der Waals surface area contributed by atoms with Gasteiger partial charge in [-0.2, -0.15) is 0 Å². The van der Waals surface area contributed by atoms with Gasteiger partial charge in [-0.1, -0.05) is 12.1 Å². The lowest BCUT2D eigenvalue weighted by atomic mass is 10.1. The Bertz CT molecular complexity index is 743. The lowest BCUT2D eigenvalue weighted by molar-refractivity contribution is 0.102. The van der Waals surface area contributed by atoms with Crippen molar-refractivity contribution in [2.45, 2.75) is 0 Å². The summed E-state index contributed by atoms with van der Waals surface area (Å²) >= 11 is 0. The molecule has 0 aromatic heterocycles. The molecule has 1 saturated heterocycles. The molecule has 0 spiro atoms. The summed E-state index contributed by atoms with van der Waals surface area (Å²) in [4.78, 5) is 16.8. The third-order valence-corrected chi connectivity index (χ3v) is 4.17. The second-order valence-electron chi connectivity index (χ2n) is 5.89. The van der Waals surface area contributed by atoms with Crippen molar-refractivity contribution in [3.8, 4) is 0 Å². The Morgan fingerprint density at radius 2 is 1.75 bits per heavy atom. The SMILES string of the molecule is CN1CCN(c2ccccc2NC(=O)c2ccc(F)cc2F)CC1. The first-order chi connectivity index (χ1) is 11.5. The van der Waals surface area contributed by atoms with Crippen molar-refractivity contribution in [1.29, 1.82) is 0 Å². The van der Waals surface area contributed by atoms with Gasteiger partial charge in [0.1, 0.15) is 11.6 Å². The van der Waals surface area contributed by atoms with Crippen molar-refractivity contribution < 1.29 is 13.6 Å². The number of rotatable bonds is 3. The normalized spacial score (nSPS) is 15.4. The van der Waals surface area contributed by atoms with Gasteiger partial charge in [0.15, 0.2) is 0 Å². The summed E-state index contributed by atoms with van der Waals surface area (Å²) in [5.41, 5.74) is 1.35. The Morgan fingerprint density at radius 1 is 1.04 bits per heavy atom. The summed E-state index contributed by atoms with van der Waals surface area (Å²) in [6, 6.07) is 10.4. The molecule has 1 aliphatic rings. The Morgan fingerprint density at radius 3 is 2.46 bits per heavy atom. The second kappa shape index (κ2) is 6.97. The topological polar surface area (TPSA) is 35.6 Å². The van der Waals surface area contributed by atoms with E-state index in [-0.39, 0.29) is 5.56 Å². The second-order valence-corrected chi connectivity index (χ2v) is 5.89. The van der Waals surface area contributed by atoms with Gasteiger partial charge in [0.05, 0.1) is 16.9 Å². The van der Waals surface area contributed by atoms with Crippen LogP contribution in [-0.2, 0) is 0 Å². The highest BCUT2D eigenvalue weighted by Gasteiger charge is 2.19. The molecule has 6 heteroatoms. The monoisotopic (exact) mass is 331 g/mol. The predicted molar refractivity (Wildman–Crippen MR) is 90.5 cm³/mol. The van der Waals surface area contributed by atoms with E-state index in [2.05, 4.69) is 22.2 Å². The number of nitrogens with zero attached hydrogens (tertiary/aromatic N) is 2. The summed E-state index contributed by atoms with van der Waals surface area (Å²) in [6.07, 6.45) is 0. The van der Waals surface area contributed by atoms with Crippen LogP contribution >= 0.6 is 0 Å². The van der Waals surface area contributed by atoms with Gasteiger partial charge < -0.3 is 15.1 Å². The van der Waals surface area contributed by atoms with Gasteiger partial charge in [-0.3, -0.25) is 4.79 Å². The minimum absolute atomic E-state index is 0.176. The first-order valence-electron chi connectivity index (χ1n) is 7.83. The number of halogens is 2. The van der Waals surface area contributed by atoms with E-state index in [0.29, 0.717) is 11.8 Å². The number of carbonyl (C=O) groups excluding carboxylic acids is 1. The van der Waals surface area contributed by atoms with Gasteiger partial charge in [0.25, 0.3) is 5.91 Å². The van der Waals surface area contributed by atoms with Gasteiger partial charge in [-0.25, -0.2) is 8.78 Å². The fourth-order valence-electron chi connectivity index (χ4n) is 2.77. The zero-order valence-corrected chi connectivity index (χ0v) is 13.4. The Kier molecular flexibility index (Phi) is 4.76. The molecule has 3 rings (SSSR count). The molecule has 1 N–H and O–H groups in total. The average Bonchev–Trinajstić information content (AvgIpc) is 2.56. The van der Waals surface area contributed by atoms with E-state index in [1.165, 1.54) is 0 Å². The van der Waals surface area contributed by atoms with E-state index in [9.17, 15) is 13.6 Å². The first-order valence-corrected chi connectivity index (χ1v) is 7.83. The van der Waals surface area contributed by atoms with Gasteiger partial charge >= 0.3 is 0 Å². The van der Waals surface area contributed by atoms with Crippen molar-refractivity contribution in [3.63, 3.8) is 0 Å². The van der Waals surface area contributed by atoms with E-state index in [1.807, 2.05) is 18.2 Å². The molecule has 0 saturated carbocycles. The highest BCUT2D eigenvalue weighted by molar-refractivity contribution is 6.06. The summed E-state index contributed by atoms with van der Waals surface area (Å²) in [7, 11) is 2.07. The molecule has 0 bridgehead atoms. The molecule has 1 aliphatic heterocycles. The summed E-state index contributed by atoms with van der Waals surface area (Å²) < 4.78 is 26.8. The van der Waals surface area contributed by atoms with E-state index in [0.717, 1.165) is 44.0 Å². The Balaban J connectivity index is 1.81. The third-order valence-electron chi connectivity index (χ3n) is 4.17. The molecule has 1 fully saturated rings. The van der Waals surface area contributed by atoms with Crippen LogP contribution in [0.3, 0.4) is 0 Å². The molecule has 0 unspecified atom stereocenters. The molecule has 0 radical (unpaired) electrons. The lowest BCUT2D eigenvalue weighted by Gasteiger charge is -2.35. The van der Waals surface area contributed by atoms with Crippen molar-refractivity contribution in [3.05, 3.63) is 59.7 Å². The molecule has 2 aromatic carbocycles. The first kappa shape index (κ1) is 16.4. The minimum Gasteiger partial charge on any atom is -0.367 e. The number of amides is 1. The summed E-state index contributed by atoms with van der Waals surface area (Å²) in [6.45, 7) is 3.59. The van der Waals surface area contributed by atoms with Gasteiger partial charge in [-0.15, -0.1) is 0 Å². The molecular weight excluding hydrogens is 312 g/mol. The van der Waals surface area contributed by atoms with Crippen molar-refractivity contribution >= 4 is 17.3 Å². The number of hydrogen-bond donors (Lipinski definition) is 1. The largest absolute Gasteiger partial charge is 0.367 e. The van der Waals surface area contributed by atoms with Crippen molar-refractivity contribution in [1.82, 2.24) is 4.90 Å². The minimum atomic E-state index is -0.871. The van der Waals surface area contributed by atoms with Crippen LogP contribution in [0.2, 0.25) is 0 Å². The molecule has 24 heavy (non-hydrogen) atoms. The van der Waals surface area contributed by atoms with E-state index in [4.69, 9.17) is 0 Å². The fraction of sp³-hybridized carbons (Fsp3) is 0.278. The van der Waals surface area contributed by atoms with Crippen LogP contribution in [0.25, 0.3) is 0 Å². The molecular formula is C18H19F2N3O. The number of likely N-dealkylation sites (N-methyl/N-ethyl adjacent to an activating group) is 1. The molecule has 126 valence electrons. The maximum absolute atomic E-state index is 13.8. The predicted octanol–water partition coefficient (Wildman–Crippen LogP) is 2.97. The number of anilines is 2. The number of nitrogens with one attached hydrogen (secondary N) is 1. The average molecular weight is 331 g/mol. The number of piperazine rings is 1. The number of para-hydroxylation sites is 2.